The highest BCUT2D eigenvalue weighted by Gasteiger charge is 2.30. The average molecular weight is 407 g/mol. The van der Waals surface area contributed by atoms with Crippen LogP contribution in [-0.2, 0) is 9.53 Å². The first-order chi connectivity index (χ1) is 14.0. The van der Waals surface area contributed by atoms with E-state index in [1.54, 1.807) is 6.92 Å². The van der Waals surface area contributed by atoms with Crippen LogP contribution in [0.15, 0.2) is 12.2 Å². The molecule has 29 heavy (non-hydrogen) atoms. The highest BCUT2D eigenvalue weighted by atomic mass is 16.5. The van der Waals surface area contributed by atoms with Gasteiger partial charge in [-0.1, -0.05) is 64.9 Å². The summed E-state index contributed by atoms with van der Waals surface area (Å²) in [7, 11) is 0. The van der Waals surface area contributed by atoms with E-state index in [4.69, 9.17) is 4.74 Å². The zero-order chi connectivity index (χ0) is 21.1. The third-order valence-corrected chi connectivity index (χ3v) is 7.71. The van der Waals surface area contributed by atoms with Crippen molar-refractivity contribution in [1.29, 1.82) is 0 Å². The Balaban J connectivity index is 1.60. The van der Waals surface area contributed by atoms with Gasteiger partial charge >= 0.3 is 5.97 Å². The van der Waals surface area contributed by atoms with Gasteiger partial charge in [0.25, 0.3) is 0 Å². The largest absolute Gasteiger partial charge is 0.462 e. The van der Waals surface area contributed by atoms with Crippen LogP contribution >= 0.6 is 0 Å². The topological polar surface area (TPSA) is 46.5 Å². The van der Waals surface area contributed by atoms with E-state index in [-0.39, 0.29) is 18.5 Å². The van der Waals surface area contributed by atoms with E-state index in [2.05, 4.69) is 13.5 Å². The molecule has 2 rings (SSSR count). The molecule has 0 aliphatic heterocycles. The summed E-state index contributed by atoms with van der Waals surface area (Å²) in [5, 5.41) is 9.59. The number of aliphatic hydroxyl groups excluding tert-OH is 1. The Morgan fingerprint density at radius 1 is 0.966 bits per heavy atom. The predicted octanol–water partition coefficient (Wildman–Crippen LogP) is 6.69. The third kappa shape index (κ3) is 8.82. The normalized spacial score (nSPS) is 28.7. The van der Waals surface area contributed by atoms with Crippen molar-refractivity contribution in [3.05, 3.63) is 12.2 Å². The molecule has 0 aromatic heterocycles. The zero-order valence-corrected chi connectivity index (χ0v) is 19.2. The van der Waals surface area contributed by atoms with Crippen molar-refractivity contribution < 1.29 is 14.6 Å². The molecule has 0 amide bonds. The Labute approximate surface area is 179 Å². The molecule has 3 nitrogen and oxygen atoms in total. The molecule has 3 heteroatoms. The third-order valence-electron chi connectivity index (χ3n) is 7.71. The van der Waals surface area contributed by atoms with Gasteiger partial charge in [0.1, 0.15) is 0 Å². The molecule has 0 heterocycles. The lowest BCUT2D eigenvalue weighted by Gasteiger charge is -2.38. The predicted molar refractivity (Wildman–Crippen MR) is 121 cm³/mol. The van der Waals surface area contributed by atoms with Gasteiger partial charge in [0.15, 0.2) is 0 Å². The van der Waals surface area contributed by atoms with Crippen molar-refractivity contribution >= 4 is 5.97 Å². The Hall–Kier alpha value is -0.830. The molecule has 2 saturated carbocycles. The fourth-order valence-electron chi connectivity index (χ4n) is 5.60. The number of carbonyl (C=O) groups is 1. The smallest absolute Gasteiger partial charge is 0.333 e. The van der Waals surface area contributed by atoms with E-state index >= 15 is 0 Å². The van der Waals surface area contributed by atoms with Crippen LogP contribution in [0, 0.1) is 29.6 Å². The summed E-state index contributed by atoms with van der Waals surface area (Å²) in [6.07, 6.45) is 19.2. The van der Waals surface area contributed by atoms with Crippen LogP contribution < -0.4 is 0 Å². The van der Waals surface area contributed by atoms with Crippen LogP contribution in [0.1, 0.15) is 104 Å². The number of hydrogen-bond acceptors (Lipinski definition) is 3. The number of aliphatic hydroxyl groups is 1. The number of rotatable bonds is 12. The number of unbranched alkanes of at least 4 members (excludes halogenated alkanes) is 2. The molecule has 1 atom stereocenters. The molecule has 2 aliphatic carbocycles. The van der Waals surface area contributed by atoms with Crippen LogP contribution in [0.2, 0.25) is 0 Å². The SMILES string of the molecule is C=C(C)C(=O)OCC(CO)CCC1CCC(C2CCC(CCCCC)CC2)CC1. The summed E-state index contributed by atoms with van der Waals surface area (Å²) in [4.78, 5) is 11.5. The van der Waals surface area contributed by atoms with Gasteiger partial charge in [0, 0.05) is 18.1 Å². The number of ether oxygens (including phenoxy) is 1. The van der Waals surface area contributed by atoms with Gasteiger partial charge in [0.05, 0.1) is 6.61 Å². The van der Waals surface area contributed by atoms with Gasteiger partial charge < -0.3 is 9.84 Å². The molecule has 168 valence electrons. The lowest BCUT2D eigenvalue weighted by atomic mass is 9.68. The second kappa shape index (κ2) is 13.5. The van der Waals surface area contributed by atoms with Crippen LogP contribution in [0.3, 0.4) is 0 Å². The van der Waals surface area contributed by atoms with Crippen LogP contribution in [0.5, 0.6) is 0 Å². The molecule has 0 spiro atoms. The molecule has 0 bridgehead atoms. The van der Waals surface area contributed by atoms with E-state index < -0.39 is 0 Å². The molecule has 2 aliphatic rings. The first-order valence-corrected chi connectivity index (χ1v) is 12.5. The maximum Gasteiger partial charge on any atom is 0.333 e. The maximum atomic E-state index is 11.5. The molecule has 0 aromatic carbocycles. The number of carbonyl (C=O) groups excluding carboxylic acids is 1. The fraction of sp³-hybridized carbons (Fsp3) is 0.885. The van der Waals surface area contributed by atoms with Crippen molar-refractivity contribution in [2.75, 3.05) is 13.2 Å². The lowest BCUT2D eigenvalue weighted by Crippen LogP contribution is -2.26. The molecule has 0 saturated heterocycles. The molecule has 0 radical (unpaired) electrons. The van der Waals surface area contributed by atoms with Gasteiger partial charge in [0.2, 0.25) is 0 Å². The summed E-state index contributed by atoms with van der Waals surface area (Å²) in [6, 6.07) is 0. The van der Waals surface area contributed by atoms with Gasteiger partial charge in [-0.15, -0.1) is 0 Å². The van der Waals surface area contributed by atoms with Gasteiger partial charge in [-0.2, -0.15) is 0 Å². The van der Waals surface area contributed by atoms with E-state index in [0.717, 1.165) is 36.5 Å². The lowest BCUT2D eigenvalue weighted by molar-refractivity contribution is -0.140. The summed E-state index contributed by atoms with van der Waals surface area (Å²) >= 11 is 0. The van der Waals surface area contributed by atoms with Crippen molar-refractivity contribution in [2.24, 2.45) is 29.6 Å². The van der Waals surface area contributed by atoms with Gasteiger partial charge in [-0.05, 0) is 69.1 Å². The maximum absolute atomic E-state index is 11.5. The summed E-state index contributed by atoms with van der Waals surface area (Å²) < 4.78 is 5.23. The summed E-state index contributed by atoms with van der Waals surface area (Å²) in [6.45, 7) is 7.99. The van der Waals surface area contributed by atoms with Crippen LogP contribution in [-0.4, -0.2) is 24.3 Å². The molecular weight excluding hydrogens is 360 g/mol. The monoisotopic (exact) mass is 406 g/mol. The van der Waals surface area contributed by atoms with Crippen molar-refractivity contribution in [3.63, 3.8) is 0 Å². The standard InChI is InChI=1S/C26H46O3/c1-4-5-6-7-21-10-14-24(15-11-21)25-16-12-22(13-17-25)8-9-23(18-27)19-29-26(28)20(2)3/h21-25,27H,2,4-19H2,1,3H3. The second-order valence-electron chi connectivity index (χ2n) is 10.1. The highest BCUT2D eigenvalue weighted by Crippen LogP contribution is 2.43. The number of hydrogen-bond donors (Lipinski definition) is 1. The molecule has 1 unspecified atom stereocenters. The van der Waals surface area contributed by atoms with Crippen molar-refractivity contribution in [2.45, 2.75) is 104 Å². The second-order valence-corrected chi connectivity index (χ2v) is 10.1. The van der Waals surface area contributed by atoms with Crippen molar-refractivity contribution in [1.82, 2.24) is 0 Å². The molecule has 2 fully saturated rings. The first-order valence-electron chi connectivity index (χ1n) is 12.5. The van der Waals surface area contributed by atoms with E-state index in [1.165, 1.54) is 77.0 Å². The Morgan fingerprint density at radius 3 is 2.00 bits per heavy atom. The Morgan fingerprint density at radius 2 is 1.52 bits per heavy atom. The minimum Gasteiger partial charge on any atom is -0.462 e. The first kappa shape index (κ1) is 24.4. The highest BCUT2D eigenvalue weighted by molar-refractivity contribution is 5.86. The fourth-order valence-corrected chi connectivity index (χ4v) is 5.60. The van der Waals surface area contributed by atoms with Gasteiger partial charge in [-0.25, -0.2) is 4.79 Å². The van der Waals surface area contributed by atoms with E-state index in [9.17, 15) is 9.90 Å². The Bertz CT molecular complexity index is 470. The average Bonchev–Trinajstić information content (AvgIpc) is 2.74. The number of esters is 1. The molecule has 0 aromatic rings. The van der Waals surface area contributed by atoms with E-state index in [0.29, 0.717) is 12.2 Å². The van der Waals surface area contributed by atoms with Crippen LogP contribution in [0.25, 0.3) is 0 Å². The minimum atomic E-state index is -0.343. The minimum absolute atomic E-state index is 0.0685. The van der Waals surface area contributed by atoms with E-state index in [1.807, 2.05) is 0 Å². The summed E-state index contributed by atoms with van der Waals surface area (Å²) in [5.41, 5.74) is 0.426. The molecular formula is C26H46O3. The molecule has 1 N–H and O–H groups in total. The van der Waals surface area contributed by atoms with Crippen molar-refractivity contribution in [3.8, 4) is 0 Å². The quantitative estimate of drug-likeness (QED) is 0.223. The van der Waals surface area contributed by atoms with Gasteiger partial charge in [-0.3, -0.25) is 0 Å². The van der Waals surface area contributed by atoms with Crippen LogP contribution in [0.4, 0.5) is 0 Å². The summed E-state index contributed by atoms with van der Waals surface area (Å²) in [5.74, 6) is 3.49. The zero-order valence-electron chi connectivity index (χ0n) is 19.2. The Kier molecular flexibility index (Phi) is 11.4.